The van der Waals surface area contributed by atoms with Crippen molar-refractivity contribution in [3.63, 3.8) is 0 Å². The molecule has 0 radical (unpaired) electrons. The molecule has 112 valence electrons. The predicted molar refractivity (Wildman–Crippen MR) is 61.9 cm³/mol. The quantitative estimate of drug-likeness (QED) is 0.455. The van der Waals surface area contributed by atoms with Gasteiger partial charge in [-0.05, 0) is 0 Å². The second-order valence-corrected chi connectivity index (χ2v) is 2.53. The van der Waals surface area contributed by atoms with Crippen LogP contribution < -0.4 is 0 Å². The Morgan fingerprint density at radius 3 is 1.86 bits per heavy atom. The van der Waals surface area contributed by atoms with Gasteiger partial charge in [-0.25, -0.2) is 0 Å². The van der Waals surface area contributed by atoms with Gasteiger partial charge in [-0.15, -0.1) is 0 Å². The Hall–Kier alpha value is -2.10. The molecule has 0 N–H and O–H groups in total. The molecule has 0 saturated carbocycles. The van der Waals surface area contributed by atoms with Crippen molar-refractivity contribution in [2.24, 2.45) is 0 Å². The van der Waals surface area contributed by atoms with Crippen LogP contribution >= 0.6 is 0 Å². The minimum atomic E-state index is 0.592. The standard InChI is InChI=1S/C9H8O2.5CO.Cr/c1-2-10-7-3-5-9-6-4-8-11-9;5*1-2;/h4,6,8H,2H2,1H3;;;;;;. The average Bonchev–Trinajstić information content (AvgIpc) is 3.16. The van der Waals surface area contributed by atoms with Crippen molar-refractivity contribution >= 4 is 4.57 Å². The summed E-state index contributed by atoms with van der Waals surface area (Å²) in [6.07, 6.45) is 1.59. The Morgan fingerprint density at radius 2 is 1.55 bits per heavy atom. The third-order valence-corrected chi connectivity index (χ3v) is 1.43. The van der Waals surface area contributed by atoms with E-state index in [0.29, 0.717) is 16.9 Å². The first-order valence-corrected chi connectivity index (χ1v) is 5.21. The normalized spacial score (nSPS) is 5.23. The number of ether oxygens (including phenoxy) is 1. The molecule has 7 nitrogen and oxygen atoms in total. The Balaban J connectivity index is -0.0000000822. The van der Waals surface area contributed by atoms with E-state index in [4.69, 9.17) is 32.4 Å². The Morgan fingerprint density at radius 1 is 1.09 bits per heavy atom. The van der Waals surface area contributed by atoms with Gasteiger partial charge in [0.15, 0.2) is 0 Å². The molecule has 1 heterocycles. The fourth-order valence-corrected chi connectivity index (χ4v) is 0.893. The van der Waals surface area contributed by atoms with E-state index in [1.165, 1.54) is 0 Å². The summed E-state index contributed by atoms with van der Waals surface area (Å²) in [6.45, 7) is 25.0. The fourth-order valence-electron chi connectivity index (χ4n) is 0.629. The van der Waals surface area contributed by atoms with Gasteiger partial charge >= 0.3 is 136 Å². The van der Waals surface area contributed by atoms with Crippen LogP contribution in [0.25, 0.3) is 0 Å². The van der Waals surface area contributed by atoms with Crippen LogP contribution in [-0.4, -0.2) is 11.2 Å². The molecule has 0 aliphatic rings. The van der Waals surface area contributed by atoms with E-state index >= 15 is 0 Å². The van der Waals surface area contributed by atoms with E-state index < -0.39 is 0 Å². The zero-order valence-corrected chi connectivity index (χ0v) is 12.5. The van der Waals surface area contributed by atoms with Gasteiger partial charge in [-0.2, -0.15) is 0 Å². The Kier molecular flexibility index (Phi) is 62.2. The van der Waals surface area contributed by atoms with Gasteiger partial charge in [-0.1, -0.05) is 0 Å². The van der Waals surface area contributed by atoms with Crippen molar-refractivity contribution in [2.45, 2.75) is 6.92 Å². The molecule has 0 spiro atoms. The van der Waals surface area contributed by atoms with Crippen LogP contribution in [0.3, 0.4) is 0 Å². The van der Waals surface area contributed by atoms with E-state index in [-0.39, 0.29) is 0 Å². The number of hydrogen-bond donors (Lipinski definition) is 0. The summed E-state index contributed by atoms with van der Waals surface area (Å²) in [5, 5.41) is 0. The van der Waals surface area contributed by atoms with Crippen LogP contribution in [0.15, 0.2) is 22.8 Å². The van der Waals surface area contributed by atoms with Crippen LogP contribution in [0, 0.1) is 45.1 Å². The second kappa shape index (κ2) is 42.8. The molecule has 0 aliphatic heterocycles. The summed E-state index contributed by atoms with van der Waals surface area (Å²) < 4.78 is 48.2. The molecule has 0 bridgehead atoms. The molecule has 1 aromatic heterocycles. The number of rotatable bonds is 2. The second-order valence-electron chi connectivity index (χ2n) is 1.95. The van der Waals surface area contributed by atoms with Gasteiger partial charge in [0.05, 0.1) is 0 Å². The molecule has 0 amide bonds. The molecular weight excluding hydrogens is 332 g/mol. The zero-order chi connectivity index (χ0) is 18.8. The van der Waals surface area contributed by atoms with E-state index in [2.05, 4.69) is 60.9 Å². The SMILES string of the molecule is CCO[C](=[Cr])C#Cc1ccco1.[C-]#[O+].[C-]#[O+].[C-]#[O+].[C-]#[O+].[C-]#[O+]. The van der Waals surface area contributed by atoms with E-state index in [1.807, 2.05) is 6.92 Å². The van der Waals surface area contributed by atoms with Crippen LogP contribution in [0.1, 0.15) is 12.7 Å². The van der Waals surface area contributed by atoms with Crippen molar-refractivity contribution in [2.75, 3.05) is 6.61 Å². The van der Waals surface area contributed by atoms with Crippen LogP contribution in [-0.2, 0) is 43.8 Å². The van der Waals surface area contributed by atoms with Gasteiger partial charge in [0, 0.05) is 0 Å². The first-order chi connectivity index (χ1) is 10.8. The summed E-state index contributed by atoms with van der Waals surface area (Å²) in [7, 11) is 0. The molecular formula is C14H8CrO7. The van der Waals surface area contributed by atoms with Crippen LogP contribution in [0.2, 0.25) is 0 Å². The summed E-state index contributed by atoms with van der Waals surface area (Å²) in [5.74, 6) is 6.22. The van der Waals surface area contributed by atoms with Gasteiger partial charge in [-0.3, -0.25) is 0 Å². The van der Waals surface area contributed by atoms with Gasteiger partial charge < -0.3 is 0 Å². The predicted octanol–water partition coefficient (Wildman–Crippen LogP) is 1.16. The Labute approximate surface area is 136 Å². The zero-order valence-electron chi connectivity index (χ0n) is 11.2. The third kappa shape index (κ3) is 30.7. The van der Waals surface area contributed by atoms with Crippen molar-refractivity contribution in [1.82, 2.24) is 0 Å². The topological polar surface area (TPSA) is 122 Å². The third-order valence-electron chi connectivity index (χ3n) is 1.08. The molecule has 0 saturated heterocycles. The molecule has 0 aromatic carbocycles. The monoisotopic (exact) mass is 340 g/mol. The van der Waals surface area contributed by atoms with Crippen molar-refractivity contribution in [3.05, 3.63) is 57.4 Å². The van der Waals surface area contributed by atoms with E-state index in [1.54, 1.807) is 18.4 Å². The average molecular weight is 340 g/mol. The van der Waals surface area contributed by atoms with Crippen molar-refractivity contribution in [1.29, 1.82) is 0 Å². The van der Waals surface area contributed by atoms with Crippen LogP contribution in [0.4, 0.5) is 0 Å². The summed E-state index contributed by atoms with van der Waals surface area (Å²) in [6, 6.07) is 3.59. The number of furan rings is 1. The van der Waals surface area contributed by atoms with Crippen molar-refractivity contribution < 1.29 is 48.3 Å². The van der Waals surface area contributed by atoms with E-state index in [0.717, 1.165) is 0 Å². The molecule has 0 fully saturated rings. The fraction of sp³-hybridized carbons (Fsp3) is 0.143. The Bertz CT molecular complexity index is 460. The van der Waals surface area contributed by atoms with Gasteiger partial charge in [0.25, 0.3) is 0 Å². The first kappa shape index (κ1) is 32.0. The molecule has 1 aromatic rings. The molecule has 0 unspecified atom stereocenters. The van der Waals surface area contributed by atoms with Gasteiger partial charge in [0.2, 0.25) is 0 Å². The van der Waals surface area contributed by atoms with Crippen LogP contribution in [0.5, 0.6) is 0 Å². The van der Waals surface area contributed by atoms with Crippen molar-refractivity contribution in [3.8, 4) is 11.8 Å². The minimum absolute atomic E-state index is 0.592. The van der Waals surface area contributed by atoms with Gasteiger partial charge in [0.1, 0.15) is 0 Å². The summed E-state index contributed by atoms with van der Waals surface area (Å²) >= 11 is 2.72. The number of hydrogen-bond acceptors (Lipinski definition) is 2. The molecule has 0 atom stereocenters. The summed E-state index contributed by atoms with van der Waals surface area (Å²) in [4.78, 5) is 0. The first-order valence-electron chi connectivity index (χ1n) is 4.57. The molecule has 0 aliphatic carbocycles. The van der Waals surface area contributed by atoms with E-state index in [9.17, 15) is 0 Å². The maximum absolute atomic E-state index is 7.50. The molecule has 1 rings (SSSR count). The molecule has 22 heavy (non-hydrogen) atoms. The molecule has 8 heteroatoms. The summed E-state index contributed by atoms with van der Waals surface area (Å²) in [5.41, 5.74) is 0. The maximum atomic E-state index is 7.50.